The van der Waals surface area contributed by atoms with Crippen molar-refractivity contribution < 1.29 is 9.21 Å². The second-order valence-electron chi connectivity index (χ2n) is 9.45. The number of fused-ring (bicyclic) bond motifs is 2. The average molecular weight is 497 g/mol. The molecule has 36 heavy (non-hydrogen) atoms. The summed E-state index contributed by atoms with van der Waals surface area (Å²) in [6.07, 6.45) is 7.99. The molecule has 0 saturated carbocycles. The Morgan fingerprint density at radius 2 is 2.08 bits per heavy atom. The largest absolute Gasteiger partial charge is 0.462 e. The molecule has 0 fully saturated rings. The third-order valence-electron chi connectivity index (χ3n) is 6.18. The number of anilines is 1. The normalized spacial score (nSPS) is 14.4. The van der Waals surface area contributed by atoms with Crippen molar-refractivity contribution in [2.45, 2.75) is 39.2 Å². The number of carbonyl (C=O) groups is 1. The number of benzene rings is 1. The van der Waals surface area contributed by atoms with Gasteiger partial charge in [0.25, 0.3) is 0 Å². The van der Waals surface area contributed by atoms with Crippen LogP contribution in [0.1, 0.15) is 47.8 Å². The predicted molar refractivity (Wildman–Crippen MR) is 142 cm³/mol. The van der Waals surface area contributed by atoms with Gasteiger partial charge in [-0.15, -0.1) is 11.3 Å². The van der Waals surface area contributed by atoms with Gasteiger partial charge in [0.15, 0.2) is 0 Å². The Balaban J connectivity index is 1.44. The van der Waals surface area contributed by atoms with E-state index in [0.29, 0.717) is 21.5 Å². The van der Waals surface area contributed by atoms with Gasteiger partial charge >= 0.3 is 0 Å². The van der Waals surface area contributed by atoms with Crippen LogP contribution in [0.3, 0.4) is 0 Å². The minimum absolute atomic E-state index is 0.0794. The maximum atomic E-state index is 13.0. The van der Waals surface area contributed by atoms with E-state index in [2.05, 4.69) is 30.3 Å². The fourth-order valence-electron chi connectivity index (χ4n) is 4.54. The number of hydrogen-bond acceptors (Lipinski definition) is 6. The van der Waals surface area contributed by atoms with E-state index in [0.717, 1.165) is 34.0 Å². The number of hydrogen-bond donors (Lipinski definition) is 1. The van der Waals surface area contributed by atoms with Crippen LogP contribution >= 0.6 is 11.3 Å². The van der Waals surface area contributed by atoms with Gasteiger partial charge in [0.1, 0.15) is 29.1 Å². The minimum Gasteiger partial charge on any atom is -0.462 e. The first kappa shape index (κ1) is 23.5. The quantitative estimate of drug-likeness (QED) is 0.385. The molecule has 1 amide bonds. The van der Waals surface area contributed by atoms with Gasteiger partial charge < -0.3 is 9.73 Å². The number of furan rings is 1. The number of carbonyl (C=O) groups excluding carboxylic acids is 1. The van der Waals surface area contributed by atoms with Gasteiger partial charge in [-0.25, -0.2) is 0 Å². The standard InChI is InChI=1S/C28H24N4O3S/c1-17-8-10-19(35-17)11-9-18-12-21-22(14-29)27(36-26(21)28(2,3)13-18)31-25(34)16-32-23-7-5-4-6-20(23)24(33)15-30-32/h4-12,15H,13,16H2,1-3H3,(H,31,34)/b11-9+. The molecular formula is C28H24N4O3S. The second kappa shape index (κ2) is 9.10. The number of amides is 1. The summed E-state index contributed by atoms with van der Waals surface area (Å²) in [7, 11) is 0. The zero-order valence-electron chi connectivity index (χ0n) is 20.2. The highest BCUT2D eigenvalue weighted by molar-refractivity contribution is 7.17. The van der Waals surface area contributed by atoms with Gasteiger partial charge in [-0.05, 0) is 55.3 Å². The molecule has 7 nitrogen and oxygen atoms in total. The summed E-state index contributed by atoms with van der Waals surface area (Å²) < 4.78 is 7.13. The lowest BCUT2D eigenvalue weighted by Crippen LogP contribution is -2.22. The highest BCUT2D eigenvalue weighted by Crippen LogP contribution is 2.47. The lowest BCUT2D eigenvalue weighted by Gasteiger charge is -2.29. The molecule has 1 aliphatic rings. The zero-order chi connectivity index (χ0) is 25.4. The van der Waals surface area contributed by atoms with Crippen LogP contribution in [0.2, 0.25) is 0 Å². The Morgan fingerprint density at radius 3 is 2.83 bits per heavy atom. The Labute approximate surface area is 212 Å². The van der Waals surface area contributed by atoms with Gasteiger partial charge in [-0.1, -0.05) is 32.1 Å². The van der Waals surface area contributed by atoms with E-state index in [4.69, 9.17) is 4.42 Å². The number of allylic oxidation sites excluding steroid dienone is 2. The molecule has 3 aromatic heterocycles. The van der Waals surface area contributed by atoms with E-state index >= 15 is 0 Å². The molecular weight excluding hydrogens is 472 g/mol. The molecule has 1 aliphatic carbocycles. The highest BCUT2D eigenvalue weighted by Gasteiger charge is 2.33. The number of nitrogens with one attached hydrogen (secondary N) is 1. The third-order valence-corrected chi connectivity index (χ3v) is 7.67. The topological polar surface area (TPSA) is 101 Å². The fourth-order valence-corrected chi connectivity index (χ4v) is 5.78. The number of para-hydroxylation sites is 1. The molecule has 4 aromatic rings. The summed E-state index contributed by atoms with van der Waals surface area (Å²) in [5.41, 5.74) is 2.56. The number of aryl methyl sites for hydroxylation is 1. The van der Waals surface area contributed by atoms with Crippen molar-refractivity contribution in [3.05, 3.63) is 92.0 Å². The van der Waals surface area contributed by atoms with E-state index in [9.17, 15) is 14.9 Å². The van der Waals surface area contributed by atoms with Crippen molar-refractivity contribution in [1.29, 1.82) is 5.26 Å². The first-order valence-electron chi connectivity index (χ1n) is 11.5. The molecule has 1 aromatic carbocycles. The average Bonchev–Trinajstić information content (AvgIpc) is 3.42. The third kappa shape index (κ3) is 4.41. The van der Waals surface area contributed by atoms with Crippen molar-refractivity contribution in [2.75, 3.05) is 5.32 Å². The van der Waals surface area contributed by atoms with Crippen molar-refractivity contribution in [3.63, 3.8) is 0 Å². The van der Waals surface area contributed by atoms with E-state index in [-0.39, 0.29) is 23.3 Å². The van der Waals surface area contributed by atoms with Crippen LogP contribution in [0, 0.1) is 18.3 Å². The molecule has 0 saturated heterocycles. The molecule has 0 radical (unpaired) electrons. The van der Waals surface area contributed by atoms with Crippen molar-refractivity contribution in [3.8, 4) is 6.07 Å². The Kier molecular flexibility index (Phi) is 5.94. The zero-order valence-corrected chi connectivity index (χ0v) is 21.0. The molecule has 0 bridgehead atoms. The molecule has 3 heterocycles. The Morgan fingerprint density at radius 1 is 1.28 bits per heavy atom. The van der Waals surface area contributed by atoms with Crippen molar-refractivity contribution in [2.24, 2.45) is 0 Å². The molecule has 8 heteroatoms. The van der Waals surface area contributed by atoms with E-state index < -0.39 is 0 Å². The Bertz CT molecular complexity index is 1660. The number of thiophene rings is 1. The second-order valence-corrected chi connectivity index (χ2v) is 10.5. The summed E-state index contributed by atoms with van der Waals surface area (Å²) in [5.74, 6) is 1.31. The predicted octanol–water partition coefficient (Wildman–Crippen LogP) is 5.65. The number of aromatic nitrogens is 2. The first-order chi connectivity index (χ1) is 17.2. The van der Waals surface area contributed by atoms with Gasteiger partial charge in [-0.3, -0.25) is 14.3 Å². The lowest BCUT2D eigenvalue weighted by molar-refractivity contribution is -0.116. The Hall–Kier alpha value is -4.22. The monoisotopic (exact) mass is 496 g/mol. The SMILES string of the molecule is Cc1ccc(/C=C/C2=Cc3c(sc(NC(=O)Cn4ncc(=O)c5ccccc54)c3C#N)C(C)(C)C2)o1. The fraction of sp³-hybridized carbons (Fsp3) is 0.214. The van der Waals surface area contributed by atoms with E-state index in [1.54, 1.807) is 24.3 Å². The molecule has 0 atom stereocenters. The number of nitrogens with zero attached hydrogens (tertiary/aromatic N) is 3. The van der Waals surface area contributed by atoms with Crippen LogP contribution in [0.25, 0.3) is 23.1 Å². The van der Waals surface area contributed by atoms with Crippen LogP contribution < -0.4 is 10.7 Å². The smallest absolute Gasteiger partial charge is 0.246 e. The van der Waals surface area contributed by atoms with E-state index in [1.807, 2.05) is 37.3 Å². The molecule has 180 valence electrons. The lowest BCUT2D eigenvalue weighted by atomic mass is 9.77. The first-order valence-corrected chi connectivity index (χ1v) is 12.3. The maximum absolute atomic E-state index is 13.0. The number of rotatable bonds is 5. The van der Waals surface area contributed by atoms with Gasteiger partial charge in [-0.2, -0.15) is 10.4 Å². The van der Waals surface area contributed by atoms with Crippen LogP contribution in [-0.4, -0.2) is 15.7 Å². The van der Waals surface area contributed by atoms with Crippen molar-refractivity contribution >= 4 is 45.3 Å². The summed E-state index contributed by atoms with van der Waals surface area (Å²) in [5, 5.41) is 18.1. The van der Waals surface area contributed by atoms with E-state index in [1.165, 1.54) is 22.2 Å². The van der Waals surface area contributed by atoms with Crippen molar-refractivity contribution in [1.82, 2.24) is 9.78 Å². The van der Waals surface area contributed by atoms with Gasteiger partial charge in [0.05, 0.1) is 17.3 Å². The molecule has 0 aliphatic heterocycles. The summed E-state index contributed by atoms with van der Waals surface area (Å²) in [6.45, 7) is 6.11. The summed E-state index contributed by atoms with van der Waals surface area (Å²) >= 11 is 1.44. The summed E-state index contributed by atoms with van der Waals surface area (Å²) in [4.78, 5) is 26.1. The molecule has 0 unspecified atom stereocenters. The van der Waals surface area contributed by atoms with Crippen LogP contribution in [0.4, 0.5) is 5.00 Å². The van der Waals surface area contributed by atoms with Crippen LogP contribution in [0.5, 0.6) is 0 Å². The molecule has 0 spiro atoms. The summed E-state index contributed by atoms with van der Waals surface area (Å²) in [6, 6.07) is 13.2. The van der Waals surface area contributed by atoms with Crippen LogP contribution in [-0.2, 0) is 16.8 Å². The molecule has 5 rings (SSSR count). The van der Waals surface area contributed by atoms with Crippen LogP contribution in [0.15, 0.2) is 63.5 Å². The number of nitriles is 1. The molecule has 1 N–H and O–H groups in total. The minimum atomic E-state index is -0.318. The maximum Gasteiger partial charge on any atom is 0.246 e. The van der Waals surface area contributed by atoms with Gasteiger partial charge in [0, 0.05) is 21.2 Å². The van der Waals surface area contributed by atoms with Gasteiger partial charge in [0.2, 0.25) is 11.3 Å². The highest BCUT2D eigenvalue weighted by atomic mass is 32.1.